The Morgan fingerprint density at radius 1 is 1.21 bits per heavy atom. The summed E-state index contributed by atoms with van der Waals surface area (Å²) in [6, 6.07) is 9.66. The van der Waals surface area contributed by atoms with Gasteiger partial charge in [-0.15, -0.1) is 0 Å². The lowest BCUT2D eigenvalue weighted by Crippen LogP contribution is -2.02. The van der Waals surface area contributed by atoms with Gasteiger partial charge in [0.2, 0.25) is 11.8 Å². The Kier molecular flexibility index (Phi) is 4.30. The van der Waals surface area contributed by atoms with Gasteiger partial charge in [-0.25, -0.2) is 4.98 Å². The van der Waals surface area contributed by atoms with E-state index in [-0.39, 0.29) is 0 Å². The van der Waals surface area contributed by atoms with Crippen molar-refractivity contribution in [3.8, 4) is 5.88 Å². The van der Waals surface area contributed by atoms with Crippen molar-refractivity contribution in [3.05, 3.63) is 41.6 Å². The quantitative estimate of drug-likeness (QED) is 0.861. The van der Waals surface area contributed by atoms with Crippen LogP contribution in [0.15, 0.2) is 30.3 Å². The maximum Gasteiger partial charge on any atom is 0.230 e. The average molecular weight is 258 g/mol. The molecule has 3 N–H and O–H groups in total. The predicted molar refractivity (Wildman–Crippen MR) is 75.6 cm³/mol. The zero-order chi connectivity index (χ0) is 13.7. The van der Waals surface area contributed by atoms with Crippen molar-refractivity contribution in [2.24, 2.45) is 5.73 Å². The van der Waals surface area contributed by atoms with Crippen molar-refractivity contribution >= 4 is 11.6 Å². The van der Waals surface area contributed by atoms with Crippen LogP contribution < -0.4 is 15.8 Å². The van der Waals surface area contributed by atoms with Crippen LogP contribution in [0.2, 0.25) is 0 Å². The van der Waals surface area contributed by atoms with Crippen LogP contribution in [0, 0.1) is 6.92 Å². The topological polar surface area (TPSA) is 73.1 Å². The number of aryl methyl sites for hydroxylation is 1. The molecule has 19 heavy (non-hydrogen) atoms. The number of nitrogens with one attached hydrogen (secondary N) is 1. The van der Waals surface area contributed by atoms with Crippen LogP contribution in [-0.2, 0) is 6.54 Å². The van der Waals surface area contributed by atoms with Gasteiger partial charge in [-0.3, -0.25) is 0 Å². The van der Waals surface area contributed by atoms with Crippen molar-refractivity contribution in [1.82, 2.24) is 9.97 Å². The summed E-state index contributed by atoms with van der Waals surface area (Å²) >= 11 is 0. The van der Waals surface area contributed by atoms with E-state index in [9.17, 15) is 0 Å². The van der Waals surface area contributed by atoms with E-state index in [0.29, 0.717) is 25.0 Å². The van der Waals surface area contributed by atoms with Crippen LogP contribution in [-0.4, -0.2) is 16.6 Å². The number of aromatic nitrogens is 2. The van der Waals surface area contributed by atoms with Gasteiger partial charge in [-0.2, -0.15) is 4.98 Å². The second-order valence-electron chi connectivity index (χ2n) is 4.13. The van der Waals surface area contributed by atoms with E-state index in [1.54, 1.807) is 0 Å². The maximum absolute atomic E-state index is 5.56. The van der Waals surface area contributed by atoms with E-state index in [0.717, 1.165) is 16.9 Å². The fraction of sp³-hybridized carbons (Fsp3) is 0.286. The highest BCUT2D eigenvalue weighted by Gasteiger charge is 2.03. The Morgan fingerprint density at radius 2 is 1.95 bits per heavy atom. The van der Waals surface area contributed by atoms with Crippen LogP contribution >= 0.6 is 0 Å². The number of nitrogens with zero attached hydrogens (tertiary/aromatic N) is 2. The van der Waals surface area contributed by atoms with Crippen LogP contribution in [0.3, 0.4) is 0 Å². The number of benzene rings is 1. The van der Waals surface area contributed by atoms with Crippen LogP contribution in [0.25, 0.3) is 0 Å². The lowest BCUT2D eigenvalue weighted by molar-refractivity contribution is 0.326. The van der Waals surface area contributed by atoms with Crippen molar-refractivity contribution in [2.45, 2.75) is 20.4 Å². The number of rotatable bonds is 5. The third kappa shape index (κ3) is 3.66. The molecule has 1 heterocycles. The van der Waals surface area contributed by atoms with E-state index in [2.05, 4.69) is 15.3 Å². The van der Waals surface area contributed by atoms with Gasteiger partial charge in [0.05, 0.1) is 6.61 Å². The molecule has 0 saturated carbocycles. The van der Waals surface area contributed by atoms with Gasteiger partial charge in [0.25, 0.3) is 0 Å². The zero-order valence-corrected chi connectivity index (χ0v) is 11.2. The second kappa shape index (κ2) is 6.15. The second-order valence-corrected chi connectivity index (χ2v) is 4.13. The molecule has 2 rings (SSSR count). The van der Waals surface area contributed by atoms with E-state index in [1.807, 2.05) is 44.2 Å². The Balaban J connectivity index is 2.17. The molecule has 0 saturated heterocycles. The van der Waals surface area contributed by atoms with E-state index < -0.39 is 0 Å². The Bertz CT molecular complexity index is 540. The molecule has 0 aliphatic carbocycles. The summed E-state index contributed by atoms with van der Waals surface area (Å²) in [6.07, 6.45) is 0. The predicted octanol–water partition coefficient (Wildman–Crippen LogP) is 2.39. The molecular formula is C14H18N4O. The van der Waals surface area contributed by atoms with Gasteiger partial charge in [0, 0.05) is 24.0 Å². The maximum atomic E-state index is 5.56. The number of ether oxygens (including phenoxy) is 1. The minimum Gasteiger partial charge on any atom is -0.478 e. The molecule has 0 aliphatic rings. The SMILES string of the molecule is CCOc1cc(C)nc(Nc2ccc(CN)cc2)n1. The molecule has 1 aromatic heterocycles. The molecule has 0 atom stereocenters. The van der Waals surface area contributed by atoms with Crippen molar-refractivity contribution < 1.29 is 4.74 Å². The normalized spacial score (nSPS) is 10.3. The fourth-order valence-electron chi connectivity index (χ4n) is 1.67. The molecule has 0 spiro atoms. The first-order valence-corrected chi connectivity index (χ1v) is 6.25. The van der Waals surface area contributed by atoms with Crippen LogP contribution in [0.4, 0.5) is 11.6 Å². The lowest BCUT2D eigenvalue weighted by Gasteiger charge is -2.08. The van der Waals surface area contributed by atoms with Gasteiger partial charge >= 0.3 is 0 Å². The molecule has 100 valence electrons. The molecule has 5 heteroatoms. The van der Waals surface area contributed by atoms with Crippen LogP contribution in [0.5, 0.6) is 5.88 Å². The summed E-state index contributed by atoms with van der Waals surface area (Å²) in [4.78, 5) is 8.62. The van der Waals surface area contributed by atoms with Crippen molar-refractivity contribution in [3.63, 3.8) is 0 Å². The highest BCUT2D eigenvalue weighted by Crippen LogP contribution is 2.17. The van der Waals surface area contributed by atoms with E-state index >= 15 is 0 Å². The Hall–Kier alpha value is -2.14. The largest absolute Gasteiger partial charge is 0.478 e. The molecule has 0 amide bonds. The zero-order valence-electron chi connectivity index (χ0n) is 11.2. The fourth-order valence-corrected chi connectivity index (χ4v) is 1.67. The van der Waals surface area contributed by atoms with Gasteiger partial charge in [0.1, 0.15) is 0 Å². The molecular weight excluding hydrogens is 240 g/mol. The molecule has 0 bridgehead atoms. The molecule has 0 radical (unpaired) electrons. The molecule has 0 unspecified atom stereocenters. The Morgan fingerprint density at radius 3 is 2.58 bits per heavy atom. The number of hydrogen-bond acceptors (Lipinski definition) is 5. The van der Waals surface area contributed by atoms with Crippen LogP contribution in [0.1, 0.15) is 18.2 Å². The van der Waals surface area contributed by atoms with Gasteiger partial charge in [0.15, 0.2) is 0 Å². The first-order chi connectivity index (χ1) is 9.21. The third-order valence-electron chi connectivity index (χ3n) is 2.57. The third-order valence-corrected chi connectivity index (χ3v) is 2.57. The van der Waals surface area contributed by atoms with Gasteiger partial charge in [-0.05, 0) is 31.5 Å². The molecule has 0 aliphatic heterocycles. The van der Waals surface area contributed by atoms with E-state index in [1.165, 1.54) is 0 Å². The number of nitrogens with two attached hydrogens (primary N) is 1. The number of hydrogen-bond donors (Lipinski definition) is 2. The summed E-state index contributed by atoms with van der Waals surface area (Å²) in [5, 5.41) is 3.15. The first-order valence-electron chi connectivity index (χ1n) is 6.25. The molecule has 2 aromatic rings. The smallest absolute Gasteiger partial charge is 0.230 e. The molecule has 5 nitrogen and oxygen atoms in total. The highest BCUT2D eigenvalue weighted by atomic mass is 16.5. The first kappa shape index (κ1) is 13.3. The summed E-state index contributed by atoms with van der Waals surface area (Å²) in [7, 11) is 0. The van der Waals surface area contributed by atoms with Crippen molar-refractivity contribution in [1.29, 1.82) is 0 Å². The van der Waals surface area contributed by atoms with E-state index in [4.69, 9.17) is 10.5 Å². The lowest BCUT2D eigenvalue weighted by atomic mass is 10.2. The summed E-state index contributed by atoms with van der Waals surface area (Å²) in [6.45, 7) is 4.96. The Labute approximate surface area is 112 Å². The summed E-state index contributed by atoms with van der Waals surface area (Å²) < 4.78 is 5.39. The molecule has 1 aromatic carbocycles. The molecule has 0 fully saturated rings. The average Bonchev–Trinajstić information content (AvgIpc) is 2.39. The standard InChI is InChI=1S/C14H18N4O/c1-3-19-13-8-10(2)16-14(18-13)17-12-6-4-11(9-15)5-7-12/h4-8H,3,9,15H2,1-2H3,(H,16,17,18). The monoisotopic (exact) mass is 258 g/mol. The van der Waals surface area contributed by atoms with Gasteiger partial charge in [-0.1, -0.05) is 12.1 Å². The highest BCUT2D eigenvalue weighted by molar-refractivity contribution is 5.54. The minimum atomic E-state index is 0.531. The summed E-state index contributed by atoms with van der Waals surface area (Å²) in [5.41, 5.74) is 8.43. The van der Waals surface area contributed by atoms with Crippen molar-refractivity contribution in [2.75, 3.05) is 11.9 Å². The summed E-state index contributed by atoms with van der Waals surface area (Å²) in [5.74, 6) is 1.11. The van der Waals surface area contributed by atoms with Gasteiger partial charge < -0.3 is 15.8 Å². The minimum absolute atomic E-state index is 0.531. The number of anilines is 2.